The maximum absolute atomic E-state index is 4.80. The zero-order valence-corrected chi connectivity index (χ0v) is 15.9. The van der Waals surface area contributed by atoms with E-state index in [9.17, 15) is 0 Å². The number of aromatic nitrogens is 2. The molecule has 0 fully saturated rings. The minimum absolute atomic E-state index is 0.185. The van der Waals surface area contributed by atoms with Crippen molar-refractivity contribution in [1.29, 1.82) is 0 Å². The van der Waals surface area contributed by atoms with Crippen molar-refractivity contribution < 1.29 is 0 Å². The Morgan fingerprint density at radius 3 is 2.55 bits per heavy atom. The summed E-state index contributed by atoms with van der Waals surface area (Å²) in [4.78, 5) is 8.86. The molecular formula is C25H20N4. The first-order valence-electron chi connectivity index (χ1n) is 10.1. The van der Waals surface area contributed by atoms with E-state index in [2.05, 4.69) is 82.1 Å². The predicted octanol–water partition coefficient (Wildman–Crippen LogP) is 4.91. The molecule has 6 rings (SSSR count). The largest absolute Gasteiger partial charge is 0.302 e. The van der Waals surface area contributed by atoms with Gasteiger partial charge in [-0.05, 0) is 53.3 Å². The van der Waals surface area contributed by atoms with E-state index in [0.717, 1.165) is 23.9 Å². The normalized spacial score (nSPS) is 19.9. The van der Waals surface area contributed by atoms with Gasteiger partial charge in [0.05, 0.1) is 22.8 Å². The minimum atomic E-state index is 0.185. The van der Waals surface area contributed by atoms with E-state index >= 15 is 0 Å². The molecule has 29 heavy (non-hydrogen) atoms. The molecule has 2 atom stereocenters. The van der Waals surface area contributed by atoms with Crippen LogP contribution in [-0.4, -0.2) is 15.7 Å². The zero-order valence-electron chi connectivity index (χ0n) is 15.9. The molecule has 2 heterocycles. The molecule has 140 valence electrons. The van der Waals surface area contributed by atoms with Crippen LogP contribution in [-0.2, 0) is 6.42 Å². The number of benzene rings is 3. The third-order valence-electron chi connectivity index (χ3n) is 6.15. The van der Waals surface area contributed by atoms with Crippen LogP contribution in [0.1, 0.15) is 29.2 Å². The van der Waals surface area contributed by atoms with Crippen molar-refractivity contribution in [3.05, 3.63) is 95.8 Å². The van der Waals surface area contributed by atoms with Crippen LogP contribution in [0.4, 0.5) is 0 Å². The minimum Gasteiger partial charge on any atom is -0.302 e. The lowest BCUT2D eigenvalue weighted by molar-refractivity contribution is 0.467. The lowest BCUT2D eigenvalue weighted by Crippen LogP contribution is -2.26. The summed E-state index contributed by atoms with van der Waals surface area (Å²) in [5.74, 6) is 0.377. The molecule has 4 nitrogen and oxygen atoms in total. The lowest BCUT2D eigenvalue weighted by atomic mass is 9.77. The summed E-state index contributed by atoms with van der Waals surface area (Å²) < 4.78 is 0. The van der Waals surface area contributed by atoms with E-state index in [-0.39, 0.29) is 6.04 Å². The van der Waals surface area contributed by atoms with Gasteiger partial charge >= 0.3 is 0 Å². The average molecular weight is 376 g/mol. The number of aryl methyl sites for hydroxylation is 1. The molecule has 0 bridgehead atoms. The summed E-state index contributed by atoms with van der Waals surface area (Å²) in [6.07, 6.45) is 5.67. The molecule has 0 saturated carbocycles. The molecular weight excluding hydrogens is 356 g/mol. The SMILES string of the molecule is c1ccc(-c2ccc3c(c2)C2=NNC(c4ccc5nccnc5c4)C2CC3)cc1. The molecule has 2 aliphatic rings. The summed E-state index contributed by atoms with van der Waals surface area (Å²) in [5, 5.41) is 4.80. The van der Waals surface area contributed by atoms with Crippen LogP contribution in [0.2, 0.25) is 0 Å². The number of nitrogens with one attached hydrogen (secondary N) is 1. The average Bonchev–Trinajstić information content (AvgIpc) is 3.24. The van der Waals surface area contributed by atoms with Crippen LogP contribution in [0, 0.1) is 5.92 Å². The second kappa shape index (κ2) is 6.52. The molecule has 3 aromatic carbocycles. The number of nitrogens with zero attached hydrogens (tertiary/aromatic N) is 3. The van der Waals surface area contributed by atoms with Gasteiger partial charge in [-0.3, -0.25) is 9.97 Å². The van der Waals surface area contributed by atoms with E-state index < -0.39 is 0 Å². The molecule has 1 aliphatic heterocycles. The van der Waals surface area contributed by atoms with Gasteiger partial charge < -0.3 is 5.43 Å². The van der Waals surface area contributed by atoms with Gasteiger partial charge in [-0.25, -0.2) is 0 Å². The topological polar surface area (TPSA) is 50.2 Å². The molecule has 0 radical (unpaired) electrons. The highest BCUT2D eigenvalue weighted by atomic mass is 15.3. The van der Waals surface area contributed by atoms with Crippen molar-refractivity contribution >= 4 is 16.7 Å². The Morgan fingerprint density at radius 1 is 0.793 bits per heavy atom. The van der Waals surface area contributed by atoms with Crippen molar-refractivity contribution in [3.63, 3.8) is 0 Å². The van der Waals surface area contributed by atoms with Gasteiger partial charge in [0.2, 0.25) is 0 Å². The Balaban J connectivity index is 1.37. The van der Waals surface area contributed by atoms with Gasteiger partial charge in [0.25, 0.3) is 0 Å². The highest BCUT2D eigenvalue weighted by Crippen LogP contribution is 2.39. The molecule has 4 heteroatoms. The third-order valence-corrected chi connectivity index (χ3v) is 6.15. The van der Waals surface area contributed by atoms with Crippen molar-refractivity contribution in [2.75, 3.05) is 0 Å². The van der Waals surface area contributed by atoms with Gasteiger partial charge in [0, 0.05) is 23.9 Å². The fourth-order valence-electron chi connectivity index (χ4n) is 4.67. The fourth-order valence-corrected chi connectivity index (χ4v) is 4.67. The number of hydrazone groups is 1. The van der Waals surface area contributed by atoms with Crippen LogP contribution >= 0.6 is 0 Å². The first kappa shape index (κ1) is 16.4. The Hall–Kier alpha value is -3.53. The molecule has 2 unspecified atom stereocenters. The van der Waals surface area contributed by atoms with Crippen molar-refractivity contribution in [2.24, 2.45) is 11.0 Å². The van der Waals surface area contributed by atoms with Crippen LogP contribution in [0.3, 0.4) is 0 Å². The lowest BCUT2D eigenvalue weighted by Gasteiger charge is -2.27. The van der Waals surface area contributed by atoms with Crippen LogP contribution < -0.4 is 5.43 Å². The van der Waals surface area contributed by atoms with Crippen LogP contribution in [0.5, 0.6) is 0 Å². The smallest absolute Gasteiger partial charge is 0.0890 e. The summed E-state index contributed by atoms with van der Waals surface area (Å²) >= 11 is 0. The van der Waals surface area contributed by atoms with Gasteiger partial charge in [0.15, 0.2) is 0 Å². The van der Waals surface area contributed by atoms with E-state index in [0.29, 0.717) is 5.92 Å². The monoisotopic (exact) mass is 376 g/mol. The third kappa shape index (κ3) is 2.71. The first-order chi connectivity index (χ1) is 14.4. The second-order valence-electron chi connectivity index (χ2n) is 7.79. The predicted molar refractivity (Wildman–Crippen MR) is 116 cm³/mol. The molecule has 4 aromatic rings. The van der Waals surface area contributed by atoms with Gasteiger partial charge in [-0.1, -0.05) is 48.5 Å². The van der Waals surface area contributed by atoms with Crippen LogP contribution in [0.15, 0.2) is 84.2 Å². The Morgan fingerprint density at radius 2 is 1.66 bits per heavy atom. The highest BCUT2D eigenvalue weighted by molar-refractivity contribution is 6.06. The maximum atomic E-state index is 4.80. The fraction of sp³-hybridized carbons (Fsp3) is 0.160. The summed E-state index contributed by atoms with van der Waals surface area (Å²) in [6, 6.07) is 23.9. The van der Waals surface area contributed by atoms with E-state index in [1.807, 2.05) is 0 Å². The summed E-state index contributed by atoms with van der Waals surface area (Å²) in [5.41, 5.74) is 12.9. The first-order valence-corrected chi connectivity index (χ1v) is 10.1. The van der Waals surface area contributed by atoms with E-state index in [4.69, 9.17) is 5.10 Å². The van der Waals surface area contributed by atoms with Gasteiger partial charge in [-0.2, -0.15) is 5.10 Å². The molecule has 0 saturated heterocycles. The second-order valence-corrected chi connectivity index (χ2v) is 7.79. The Bertz CT molecular complexity index is 1250. The number of fused-ring (bicyclic) bond motifs is 4. The van der Waals surface area contributed by atoms with E-state index in [1.54, 1.807) is 12.4 Å². The molecule has 1 aromatic heterocycles. The maximum Gasteiger partial charge on any atom is 0.0890 e. The Labute approximate surface area is 169 Å². The molecule has 1 N–H and O–H groups in total. The Kier molecular flexibility index (Phi) is 3.69. The van der Waals surface area contributed by atoms with Gasteiger partial charge in [-0.15, -0.1) is 0 Å². The van der Waals surface area contributed by atoms with Gasteiger partial charge in [0.1, 0.15) is 0 Å². The highest BCUT2D eigenvalue weighted by Gasteiger charge is 2.37. The molecule has 0 spiro atoms. The van der Waals surface area contributed by atoms with Crippen molar-refractivity contribution in [3.8, 4) is 11.1 Å². The van der Waals surface area contributed by atoms with Crippen LogP contribution in [0.25, 0.3) is 22.2 Å². The molecule has 0 amide bonds. The standard InChI is InChI=1S/C25H20N4/c1-2-4-16(5-3-1)18-7-6-17-8-10-20-24(28-29-25(20)21(17)14-18)19-9-11-22-23(15-19)27-13-12-26-22/h1-7,9,11-15,20,24,28H,8,10H2. The summed E-state index contributed by atoms with van der Waals surface area (Å²) in [7, 11) is 0. The summed E-state index contributed by atoms with van der Waals surface area (Å²) in [6.45, 7) is 0. The zero-order chi connectivity index (χ0) is 19.2. The van der Waals surface area contributed by atoms with Crippen molar-refractivity contribution in [1.82, 2.24) is 15.4 Å². The number of rotatable bonds is 2. The number of hydrogen-bond donors (Lipinski definition) is 1. The number of hydrogen-bond acceptors (Lipinski definition) is 4. The molecule has 1 aliphatic carbocycles. The van der Waals surface area contributed by atoms with E-state index in [1.165, 1.54) is 33.5 Å². The van der Waals surface area contributed by atoms with Crippen molar-refractivity contribution in [2.45, 2.75) is 18.9 Å². The quantitative estimate of drug-likeness (QED) is 0.541.